The van der Waals surface area contributed by atoms with Crippen LogP contribution in [0.15, 0.2) is 29.3 Å². The molecule has 2 rings (SSSR count). The Hall–Kier alpha value is -1.75. The maximum Gasteiger partial charge on any atom is 0.196 e. The molecule has 1 aliphatic heterocycles. The van der Waals surface area contributed by atoms with Crippen molar-refractivity contribution in [2.45, 2.75) is 13.8 Å². The molecule has 0 radical (unpaired) electrons. The van der Waals surface area contributed by atoms with Crippen LogP contribution < -0.4 is 15.5 Å². The minimum Gasteiger partial charge on any atom is -0.378 e. The Morgan fingerprint density at radius 1 is 1.15 bits per heavy atom. The van der Waals surface area contributed by atoms with Crippen LogP contribution in [0.4, 0.5) is 11.4 Å². The molecule has 5 nitrogen and oxygen atoms in total. The van der Waals surface area contributed by atoms with E-state index in [4.69, 9.17) is 9.73 Å². The molecule has 5 heteroatoms. The molecular weight excluding hydrogens is 252 g/mol. The summed E-state index contributed by atoms with van der Waals surface area (Å²) < 4.78 is 5.42. The van der Waals surface area contributed by atoms with Crippen LogP contribution in [0.3, 0.4) is 0 Å². The van der Waals surface area contributed by atoms with Gasteiger partial charge in [-0.15, -0.1) is 0 Å². The molecule has 0 bridgehead atoms. The van der Waals surface area contributed by atoms with E-state index in [0.29, 0.717) is 0 Å². The summed E-state index contributed by atoms with van der Waals surface area (Å²) in [6.45, 7) is 9.25. The first-order valence-corrected chi connectivity index (χ1v) is 7.33. The molecule has 0 spiro atoms. The zero-order valence-corrected chi connectivity index (χ0v) is 12.4. The van der Waals surface area contributed by atoms with Gasteiger partial charge in [-0.1, -0.05) is 12.1 Å². The lowest BCUT2D eigenvalue weighted by Gasteiger charge is -2.29. The van der Waals surface area contributed by atoms with Gasteiger partial charge >= 0.3 is 0 Å². The van der Waals surface area contributed by atoms with Crippen LogP contribution in [0.25, 0.3) is 0 Å². The molecule has 1 heterocycles. The highest BCUT2D eigenvalue weighted by molar-refractivity contribution is 5.85. The first-order chi connectivity index (χ1) is 9.85. The van der Waals surface area contributed by atoms with Crippen molar-refractivity contribution >= 4 is 17.3 Å². The molecule has 1 aliphatic rings. The van der Waals surface area contributed by atoms with Gasteiger partial charge in [0.25, 0.3) is 0 Å². The SMILES string of the molecule is CCNC(=Nc1ccccc1N1CCOCC1)NCC. The molecule has 1 aromatic rings. The quantitative estimate of drug-likeness (QED) is 0.649. The molecule has 0 saturated carbocycles. The molecule has 0 unspecified atom stereocenters. The van der Waals surface area contributed by atoms with Gasteiger partial charge in [-0.25, -0.2) is 4.99 Å². The minimum absolute atomic E-state index is 0.783. The topological polar surface area (TPSA) is 48.9 Å². The van der Waals surface area contributed by atoms with Gasteiger partial charge in [0, 0.05) is 26.2 Å². The Labute approximate surface area is 121 Å². The zero-order chi connectivity index (χ0) is 14.2. The Morgan fingerprint density at radius 3 is 2.45 bits per heavy atom. The normalized spacial score (nSPS) is 14.8. The molecule has 1 aromatic carbocycles. The number of rotatable bonds is 4. The molecule has 1 saturated heterocycles. The van der Waals surface area contributed by atoms with Crippen molar-refractivity contribution in [1.29, 1.82) is 0 Å². The van der Waals surface area contributed by atoms with Crippen LogP contribution in [-0.4, -0.2) is 45.4 Å². The van der Waals surface area contributed by atoms with Gasteiger partial charge in [0.05, 0.1) is 24.6 Å². The number of hydrogen-bond donors (Lipinski definition) is 2. The lowest BCUT2D eigenvalue weighted by atomic mass is 10.2. The van der Waals surface area contributed by atoms with Crippen molar-refractivity contribution in [3.8, 4) is 0 Å². The maximum atomic E-state index is 5.42. The summed E-state index contributed by atoms with van der Waals surface area (Å²) in [5.74, 6) is 0.829. The van der Waals surface area contributed by atoms with Crippen LogP contribution in [0.5, 0.6) is 0 Å². The molecule has 0 aromatic heterocycles. The molecule has 110 valence electrons. The van der Waals surface area contributed by atoms with Crippen LogP contribution in [0.1, 0.15) is 13.8 Å². The van der Waals surface area contributed by atoms with Crippen molar-refractivity contribution in [2.24, 2.45) is 4.99 Å². The highest BCUT2D eigenvalue weighted by Gasteiger charge is 2.14. The molecule has 20 heavy (non-hydrogen) atoms. The number of benzene rings is 1. The van der Waals surface area contributed by atoms with E-state index in [-0.39, 0.29) is 0 Å². The van der Waals surface area contributed by atoms with Crippen molar-refractivity contribution < 1.29 is 4.74 Å². The second-order valence-corrected chi connectivity index (χ2v) is 4.61. The summed E-state index contributed by atoms with van der Waals surface area (Å²) in [5.41, 5.74) is 2.16. The van der Waals surface area contributed by atoms with E-state index in [2.05, 4.69) is 47.6 Å². The molecule has 0 amide bonds. The predicted octanol–water partition coefficient (Wildman–Crippen LogP) is 1.73. The second-order valence-electron chi connectivity index (χ2n) is 4.61. The predicted molar refractivity (Wildman–Crippen MR) is 83.9 cm³/mol. The van der Waals surface area contributed by atoms with Crippen LogP contribution in [0, 0.1) is 0 Å². The Kier molecular flexibility index (Phi) is 5.68. The smallest absolute Gasteiger partial charge is 0.196 e. The number of nitrogens with zero attached hydrogens (tertiary/aromatic N) is 2. The molecule has 2 N–H and O–H groups in total. The summed E-state index contributed by atoms with van der Waals surface area (Å²) >= 11 is 0. The van der Waals surface area contributed by atoms with Crippen molar-refractivity contribution in [3.05, 3.63) is 24.3 Å². The van der Waals surface area contributed by atoms with Gasteiger partial charge in [-0.05, 0) is 26.0 Å². The summed E-state index contributed by atoms with van der Waals surface area (Å²) in [6, 6.07) is 8.27. The van der Waals surface area contributed by atoms with Gasteiger partial charge in [0.1, 0.15) is 0 Å². The molecule has 0 aliphatic carbocycles. The van der Waals surface area contributed by atoms with Crippen molar-refractivity contribution in [3.63, 3.8) is 0 Å². The van der Waals surface area contributed by atoms with Gasteiger partial charge in [0.15, 0.2) is 5.96 Å². The number of para-hydroxylation sites is 2. The van der Waals surface area contributed by atoms with Crippen LogP contribution >= 0.6 is 0 Å². The Morgan fingerprint density at radius 2 is 1.80 bits per heavy atom. The van der Waals surface area contributed by atoms with Gasteiger partial charge in [-0.2, -0.15) is 0 Å². The summed E-state index contributed by atoms with van der Waals surface area (Å²) in [6.07, 6.45) is 0. The highest BCUT2D eigenvalue weighted by atomic mass is 16.5. The highest BCUT2D eigenvalue weighted by Crippen LogP contribution is 2.28. The third-order valence-corrected chi connectivity index (χ3v) is 3.15. The standard InChI is InChI=1S/C15H24N4O/c1-3-16-15(17-4-2)18-13-7-5-6-8-14(13)19-9-11-20-12-10-19/h5-8H,3-4,9-12H2,1-2H3,(H2,16,17,18). The lowest BCUT2D eigenvalue weighted by Crippen LogP contribution is -2.37. The van der Waals surface area contributed by atoms with Crippen LogP contribution in [0.2, 0.25) is 0 Å². The van der Waals surface area contributed by atoms with E-state index >= 15 is 0 Å². The summed E-state index contributed by atoms with van der Waals surface area (Å²) in [5, 5.41) is 6.52. The Bertz CT molecular complexity index is 433. The Balaban J connectivity index is 2.23. The zero-order valence-electron chi connectivity index (χ0n) is 12.4. The summed E-state index contributed by atoms with van der Waals surface area (Å²) in [4.78, 5) is 7.06. The van der Waals surface area contributed by atoms with E-state index in [0.717, 1.165) is 51.0 Å². The average Bonchev–Trinajstić information content (AvgIpc) is 2.49. The van der Waals surface area contributed by atoms with E-state index < -0.39 is 0 Å². The van der Waals surface area contributed by atoms with E-state index in [1.807, 2.05) is 6.07 Å². The van der Waals surface area contributed by atoms with E-state index in [1.54, 1.807) is 0 Å². The fourth-order valence-corrected chi connectivity index (χ4v) is 2.23. The van der Waals surface area contributed by atoms with E-state index in [9.17, 15) is 0 Å². The number of morpholine rings is 1. The number of hydrogen-bond acceptors (Lipinski definition) is 3. The fourth-order valence-electron chi connectivity index (χ4n) is 2.23. The largest absolute Gasteiger partial charge is 0.378 e. The maximum absolute atomic E-state index is 5.42. The number of ether oxygens (including phenoxy) is 1. The fraction of sp³-hybridized carbons (Fsp3) is 0.533. The molecule has 0 atom stereocenters. The molecule has 1 fully saturated rings. The van der Waals surface area contributed by atoms with Crippen LogP contribution in [-0.2, 0) is 4.74 Å². The average molecular weight is 276 g/mol. The van der Waals surface area contributed by atoms with Gasteiger partial charge in [-0.3, -0.25) is 0 Å². The summed E-state index contributed by atoms with van der Waals surface area (Å²) in [7, 11) is 0. The van der Waals surface area contributed by atoms with E-state index in [1.165, 1.54) is 5.69 Å². The number of nitrogens with one attached hydrogen (secondary N) is 2. The third-order valence-electron chi connectivity index (χ3n) is 3.15. The van der Waals surface area contributed by atoms with Gasteiger partial charge < -0.3 is 20.3 Å². The van der Waals surface area contributed by atoms with Crippen molar-refractivity contribution in [1.82, 2.24) is 10.6 Å². The first kappa shape index (κ1) is 14.7. The van der Waals surface area contributed by atoms with Crippen molar-refractivity contribution in [2.75, 3.05) is 44.3 Å². The van der Waals surface area contributed by atoms with Gasteiger partial charge in [0.2, 0.25) is 0 Å². The number of aliphatic imine (C=N–C) groups is 1. The molecular formula is C15H24N4O. The second kappa shape index (κ2) is 7.75. The monoisotopic (exact) mass is 276 g/mol. The number of guanidine groups is 1. The first-order valence-electron chi connectivity index (χ1n) is 7.33. The minimum atomic E-state index is 0.783. The third kappa shape index (κ3) is 3.87. The lowest BCUT2D eigenvalue weighted by molar-refractivity contribution is 0.123. The number of anilines is 1.